The first kappa shape index (κ1) is 11.9. The lowest BCUT2D eigenvalue weighted by Gasteiger charge is -2.63. The Bertz CT molecular complexity index is 448. The van der Waals surface area contributed by atoms with Gasteiger partial charge in [-0.1, -0.05) is 6.42 Å². The minimum atomic E-state index is -0.370. The Kier molecular flexibility index (Phi) is 2.25. The molecule has 0 bridgehead atoms. The smallest absolute Gasteiger partial charge is 0.237 e. The Morgan fingerprint density at radius 3 is 2.47 bits per heavy atom. The van der Waals surface area contributed by atoms with E-state index in [2.05, 4.69) is 0 Å². The summed E-state index contributed by atoms with van der Waals surface area (Å²) in [5.41, 5.74) is -0.243. The SMILES string of the molecule is CC(=O)C1C(=O)N2C1C1(CC1)COC21CCCCC1. The van der Waals surface area contributed by atoms with Crippen molar-refractivity contribution in [2.45, 2.75) is 63.6 Å². The first-order chi connectivity index (χ1) is 9.10. The monoisotopic (exact) mass is 263 g/mol. The molecule has 0 aromatic carbocycles. The van der Waals surface area contributed by atoms with E-state index >= 15 is 0 Å². The zero-order chi connectivity index (χ0) is 13.3. The fourth-order valence-electron chi connectivity index (χ4n) is 4.49. The summed E-state index contributed by atoms with van der Waals surface area (Å²) in [6.45, 7) is 2.32. The van der Waals surface area contributed by atoms with Crippen LogP contribution < -0.4 is 0 Å². The van der Waals surface area contributed by atoms with E-state index in [-0.39, 0.29) is 34.8 Å². The van der Waals surface area contributed by atoms with Crippen molar-refractivity contribution in [3.05, 3.63) is 0 Å². The third kappa shape index (κ3) is 1.38. The van der Waals surface area contributed by atoms with Crippen LogP contribution >= 0.6 is 0 Å². The highest BCUT2D eigenvalue weighted by atomic mass is 16.5. The number of β-lactam (4-membered cyclic amide) rings is 1. The van der Waals surface area contributed by atoms with Gasteiger partial charge in [-0.15, -0.1) is 0 Å². The minimum Gasteiger partial charge on any atom is -0.355 e. The molecule has 1 amide bonds. The zero-order valence-corrected chi connectivity index (χ0v) is 11.5. The molecule has 4 heteroatoms. The number of rotatable bonds is 1. The Hall–Kier alpha value is -0.900. The lowest BCUT2D eigenvalue weighted by molar-refractivity contribution is -0.274. The third-order valence-electron chi connectivity index (χ3n) is 5.76. The van der Waals surface area contributed by atoms with E-state index in [1.807, 2.05) is 4.90 Å². The average molecular weight is 263 g/mol. The second-order valence-corrected chi connectivity index (χ2v) is 6.90. The quantitative estimate of drug-likeness (QED) is 0.536. The predicted molar refractivity (Wildman–Crippen MR) is 68.2 cm³/mol. The lowest BCUT2D eigenvalue weighted by Crippen LogP contribution is -2.77. The molecule has 4 nitrogen and oxygen atoms in total. The fraction of sp³-hybridized carbons (Fsp3) is 0.867. The first-order valence-corrected chi connectivity index (χ1v) is 7.57. The number of amides is 1. The van der Waals surface area contributed by atoms with Crippen LogP contribution in [0.3, 0.4) is 0 Å². The zero-order valence-electron chi connectivity index (χ0n) is 11.5. The summed E-state index contributed by atoms with van der Waals surface area (Å²) in [6, 6.07) is 0.143. The van der Waals surface area contributed by atoms with Crippen LogP contribution in [0.5, 0.6) is 0 Å². The van der Waals surface area contributed by atoms with Crippen molar-refractivity contribution < 1.29 is 14.3 Å². The van der Waals surface area contributed by atoms with Crippen molar-refractivity contribution in [3.63, 3.8) is 0 Å². The van der Waals surface area contributed by atoms with Crippen LogP contribution in [0.2, 0.25) is 0 Å². The van der Waals surface area contributed by atoms with Crippen LogP contribution in [0.4, 0.5) is 0 Å². The molecule has 0 N–H and O–H groups in total. The molecule has 4 fully saturated rings. The number of Topliss-reactive ketones (excluding diaryl/α,β-unsaturated/α-hetero) is 1. The van der Waals surface area contributed by atoms with Crippen LogP contribution in [0.25, 0.3) is 0 Å². The second kappa shape index (κ2) is 3.60. The third-order valence-corrected chi connectivity index (χ3v) is 5.76. The van der Waals surface area contributed by atoms with Gasteiger partial charge in [-0.3, -0.25) is 9.59 Å². The molecule has 4 aliphatic rings. The number of ketones is 1. The number of hydrogen-bond donors (Lipinski definition) is 0. The molecule has 19 heavy (non-hydrogen) atoms. The summed E-state index contributed by atoms with van der Waals surface area (Å²) < 4.78 is 6.21. The fourth-order valence-corrected chi connectivity index (χ4v) is 4.49. The standard InChI is InChI=1S/C15H21NO3/c1-10(17)11-12-14(7-8-14)9-19-15(16(12)13(11)18)5-3-2-4-6-15/h11-12H,2-9H2,1H3. The molecule has 2 saturated carbocycles. The molecule has 104 valence electrons. The molecule has 2 aliphatic carbocycles. The van der Waals surface area contributed by atoms with Gasteiger partial charge in [0.1, 0.15) is 17.4 Å². The van der Waals surface area contributed by atoms with Gasteiger partial charge in [-0.05, 0) is 45.4 Å². The number of nitrogens with zero attached hydrogens (tertiary/aromatic N) is 1. The highest BCUT2D eigenvalue weighted by molar-refractivity contribution is 6.06. The summed E-state index contributed by atoms with van der Waals surface area (Å²) >= 11 is 0. The van der Waals surface area contributed by atoms with Gasteiger partial charge < -0.3 is 9.64 Å². The summed E-state index contributed by atoms with van der Waals surface area (Å²) in [7, 11) is 0. The van der Waals surface area contributed by atoms with E-state index in [1.54, 1.807) is 6.92 Å². The Labute approximate surface area is 113 Å². The van der Waals surface area contributed by atoms with E-state index in [1.165, 1.54) is 6.42 Å². The number of ether oxygens (including phenoxy) is 1. The Balaban J connectivity index is 1.69. The predicted octanol–water partition coefficient (Wildman–Crippen LogP) is 1.87. The molecule has 2 saturated heterocycles. The van der Waals surface area contributed by atoms with Crippen LogP contribution in [-0.2, 0) is 14.3 Å². The summed E-state index contributed by atoms with van der Waals surface area (Å²) in [5.74, 6) is -0.291. The average Bonchev–Trinajstić information content (AvgIpc) is 3.14. The highest BCUT2D eigenvalue weighted by Crippen LogP contribution is 2.62. The van der Waals surface area contributed by atoms with E-state index in [4.69, 9.17) is 4.74 Å². The van der Waals surface area contributed by atoms with E-state index < -0.39 is 0 Å². The van der Waals surface area contributed by atoms with Crippen LogP contribution in [0.1, 0.15) is 51.9 Å². The highest BCUT2D eigenvalue weighted by Gasteiger charge is 2.71. The van der Waals surface area contributed by atoms with Gasteiger partial charge in [0, 0.05) is 5.41 Å². The summed E-state index contributed by atoms with van der Waals surface area (Å²) in [6.07, 6.45) is 7.63. The number of carbonyl (C=O) groups excluding carboxylic acids is 2. The van der Waals surface area contributed by atoms with Gasteiger partial charge in [-0.2, -0.15) is 0 Å². The maximum Gasteiger partial charge on any atom is 0.237 e. The summed E-state index contributed by atoms with van der Waals surface area (Å²) in [4.78, 5) is 26.2. The molecule has 2 heterocycles. The van der Waals surface area contributed by atoms with Gasteiger partial charge >= 0.3 is 0 Å². The van der Waals surface area contributed by atoms with E-state index in [0.717, 1.165) is 45.1 Å². The minimum absolute atomic E-state index is 0.0328. The van der Waals surface area contributed by atoms with Crippen molar-refractivity contribution in [2.75, 3.05) is 6.61 Å². The molecule has 2 atom stereocenters. The first-order valence-electron chi connectivity index (χ1n) is 7.57. The maximum absolute atomic E-state index is 12.5. The molecule has 2 spiro atoms. The topological polar surface area (TPSA) is 46.6 Å². The molecule has 2 unspecified atom stereocenters. The number of hydrogen-bond acceptors (Lipinski definition) is 3. The van der Waals surface area contributed by atoms with E-state index in [0.29, 0.717) is 0 Å². The van der Waals surface area contributed by atoms with Crippen molar-refractivity contribution in [3.8, 4) is 0 Å². The maximum atomic E-state index is 12.5. The normalized spacial score (nSPS) is 37.9. The van der Waals surface area contributed by atoms with Crippen LogP contribution in [-0.4, -0.2) is 35.0 Å². The molecular weight excluding hydrogens is 242 g/mol. The lowest BCUT2D eigenvalue weighted by atomic mass is 9.70. The Morgan fingerprint density at radius 2 is 1.89 bits per heavy atom. The van der Waals surface area contributed by atoms with E-state index in [9.17, 15) is 9.59 Å². The molecule has 0 aromatic rings. The molecule has 0 radical (unpaired) electrons. The molecule has 4 rings (SSSR count). The van der Waals surface area contributed by atoms with Crippen molar-refractivity contribution in [2.24, 2.45) is 11.3 Å². The van der Waals surface area contributed by atoms with Gasteiger partial charge in [-0.25, -0.2) is 0 Å². The van der Waals surface area contributed by atoms with Crippen LogP contribution in [0, 0.1) is 11.3 Å². The van der Waals surface area contributed by atoms with Crippen molar-refractivity contribution >= 4 is 11.7 Å². The van der Waals surface area contributed by atoms with Gasteiger partial charge in [0.2, 0.25) is 5.91 Å². The second-order valence-electron chi connectivity index (χ2n) is 6.90. The molecular formula is C15H21NO3. The van der Waals surface area contributed by atoms with Gasteiger partial charge in [0.05, 0.1) is 12.6 Å². The van der Waals surface area contributed by atoms with Crippen LogP contribution in [0.15, 0.2) is 0 Å². The largest absolute Gasteiger partial charge is 0.355 e. The molecule has 0 aromatic heterocycles. The molecule has 2 aliphatic heterocycles. The number of carbonyl (C=O) groups is 2. The Morgan fingerprint density at radius 1 is 1.21 bits per heavy atom. The van der Waals surface area contributed by atoms with Crippen molar-refractivity contribution in [1.29, 1.82) is 0 Å². The number of fused-ring (bicyclic) bond motifs is 3. The van der Waals surface area contributed by atoms with Gasteiger partial charge in [0.15, 0.2) is 0 Å². The van der Waals surface area contributed by atoms with Gasteiger partial charge in [0.25, 0.3) is 0 Å². The van der Waals surface area contributed by atoms with Crippen molar-refractivity contribution in [1.82, 2.24) is 4.90 Å². The summed E-state index contributed by atoms with van der Waals surface area (Å²) in [5, 5.41) is 0.